The third kappa shape index (κ3) is 3.06. The Morgan fingerprint density at radius 2 is 2.10 bits per heavy atom. The van der Waals surface area contributed by atoms with E-state index in [2.05, 4.69) is 26.1 Å². The first kappa shape index (κ1) is 16.2. The Morgan fingerprint density at radius 1 is 1.43 bits per heavy atom. The molecule has 1 amide bonds. The van der Waals surface area contributed by atoms with Gasteiger partial charge in [0.25, 0.3) is 0 Å². The van der Waals surface area contributed by atoms with Gasteiger partial charge in [-0.2, -0.15) is 0 Å². The number of anilines is 1. The standard InChI is InChI=1S/C16H22ClFN2O/c1-9-12(19)8-7-10(16(9,2)3)15(21)20-13-6-4-5-11(17)14(13)18/h4-6,9-10,12H,7-8,19H2,1-3H3,(H,20,21). The summed E-state index contributed by atoms with van der Waals surface area (Å²) in [4.78, 5) is 12.5. The van der Waals surface area contributed by atoms with E-state index in [1.807, 2.05) is 0 Å². The van der Waals surface area contributed by atoms with Crippen LogP contribution in [0.15, 0.2) is 18.2 Å². The highest BCUT2D eigenvalue weighted by atomic mass is 35.5. The second-order valence-electron chi connectivity index (χ2n) is 6.49. The summed E-state index contributed by atoms with van der Waals surface area (Å²) >= 11 is 5.74. The zero-order valence-corrected chi connectivity index (χ0v) is 13.4. The molecule has 3 atom stereocenters. The first-order valence-electron chi connectivity index (χ1n) is 7.25. The second-order valence-corrected chi connectivity index (χ2v) is 6.90. The van der Waals surface area contributed by atoms with Crippen LogP contribution in [-0.4, -0.2) is 11.9 Å². The van der Waals surface area contributed by atoms with Gasteiger partial charge in [-0.05, 0) is 36.3 Å². The average Bonchev–Trinajstić information content (AvgIpc) is 2.41. The Balaban J connectivity index is 2.18. The number of amides is 1. The van der Waals surface area contributed by atoms with Crippen LogP contribution in [0.25, 0.3) is 0 Å². The van der Waals surface area contributed by atoms with E-state index in [-0.39, 0.29) is 39.9 Å². The van der Waals surface area contributed by atoms with Gasteiger partial charge in [0, 0.05) is 12.0 Å². The first-order valence-corrected chi connectivity index (χ1v) is 7.63. The van der Waals surface area contributed by atoms with Crippen LogP contribution in [-0.2, 0) is 4.79 Å². The molecule has 0 spiro atoms. The minimum Gasteiger partial charge on any atom is -0.327 e. The molecule has 3 nitrogen and oxygen atoms in total. The minimum atomic E-state index is -0.592. The predicted octanol–water partition coefficient (Wildman–Crippen LogP) is 3.82. The summed E-state index contributed by atoms with van der Waals surface area (Å²) in [7, 11) is 0. The number of nitrogens with one attached hydrogen (secondary N) is 1. The van der Waals surface area contributed by atoms with Crippen molar-refractivity contribution >= 4 is 23.2 Å². The number of carbonyl (C=O) groups excluding carboxylic acids is 1. The van der Waals surface area contributed by atoms with Crippen molar-refractivity contribution < 1.29 is 9.18 Å². The van der Waals surface area contributed by atoms with Crippen molar-refractivity contribution in [2.24, 2.45) is 23.0 Å². The van der Waals surface area contributed by atoms with E-state index < -0.39 is 5.82 Å². The summed E-state index contributed by atoms with van der Waals surface area (Å²) in [5.41, 5.74) is 6.01. The number of hydrogen-bond donors (Lipinski definition) is 2. The molecule has 1 aliphatic carbocycles. The summed E-state index contributed by atoms with van der Waals surface area (Å²) < 4.78 is 13.9. The van der Waals surface area contributed by atoms with Crippen molar-refractivity contribution in [1.82, 2.24) is 0 Å². The monoisotopic (exact) mass is 312 g/mol. The van der Waals surface area contributed by atoms with E-state index in [0.29, 0.717) is 6.42 Å². The number of rotatable bonds is 2. The van der Waals surface area contributed by atoms with Gasteiger partial charge in [-0.3, -0.25) is 4.79 Å². The molecule has 1 aliphatic rings. The SMILES string of the molecule is CC1C(N)CCC(C(=O)Nc2cccc(Cl)c2F)C1(C)C. The van der Waals surface area contributed by atoms with Crippen molar-refractivity contribution in [1.29, 1.82) is 0 Å². The summed E-state index contributed by atoms with van der Waals surface area (Å²) in [5.74, 6) is -0.720. The minimum absolute atomic E-state index is 0.00564. The van der Waals surface area contributed by atoms with Crippen LogP contribution in [0.5, 0.6) is 0 Å². The van der Waals surface area contributed by atoms with Crippen molar-refractivity contribution in [2.45, 2.75) is 39.7 Å². The van der Waals surface area contributed by atoms with Crippen LogP contribution in [0, 0.1) is 23.1 Å². The lowest BCUT2D eigenvalue weighted by molar-refractivity contribution is -0.127. The van der Waals surface area contributed by atoms with E-state index in [4.69, 9.17) is 17.3 Å². The molecule has 5 heteroatoms. The topological polar surface area (TPSA) is 55.1 Å². The number of nitrogens with two attached hydrogens (primary N) is 1. The van der Waals surface area contributed by atoms with Gasteiger partial charge in [-0.15, -0.1) is 0 Å². The zero-order valence-electron chi connectivity index (χ0n) is 12.6. The summed E-state index contributed by atoms with van der Waals surface area (Å²) in [6, 6.07) is 4.69. The highest BCUT2D eigenvalue weighted by molar-refractivity contribution is 6.31. The number of carbonyl (C=O) groups is 1. The molecule has 1 aromatic carbocycles. The predicted molar refractivity (Wildman–Crippen MR) is 83.7 cm³/mol. The molecule has 0 aliphatic heterocycles. The van der Waals surface area contributed by atoms with Crippen molar-refractivity contribution in [2.75, 3.05) is 5.32 Å². The average molecular weight is 313 g/mol. The van der Waals surface area contributed by atoms with Crippen LogP contribution in [0.4, 0.5) is 10.1 Å². The Kier molecular flexibility index (Phi) is 4.59. The maximum atomic E-state index is 13.9. The molecular weight excluding hydrogens is 291 g/mol. The second kappa shape index (κ2) is 5.93. The van der Waals surface area contributed by atoms with Gasteiger partial charge < -0.3 is 11.1 Å². The molecule has 2 rings (SSSR count). The molecule has 116 valence electrons. The quantitative estimate of drug-likeness (QED) is 0.872. The zero-order chi connectivity index (χ0) is 15.8. The van der Waals surface area contributed by atoms with Gasteiger partial charge in [-0.25, -0.2) is 4.39 Å². The molecule has 0 bridgehead atoms. The smallest absolute Gasteiger partial charge is 0.228 e. The third-order valence-corrected chi connectivity index (χ3v) is 5.32. The number of hydrogen-bond acceptors (Lipinski definition) is 2. The molecule has 3 unspecified atom stereocenters. The summed E-state index contributed by atoms with van der Waals surface area (Å²) in [5, 5.41) is 2.68. The van der Waals surface area contributed by atoms with Gasteiger partial charge >= 0.3 is 0 Å². The van der Waals surface area contributed by atoms with Crippen molar-refractivity contribution in [3.05, 3.63) is 29.0 Å². The normalized spacial score (nSPS) is 28.2. The molecule has 1 saturated carbocycles. The fourth-order valence-corrected chi connectivity index (χ4v) is 3.31. The largest absolute Gasteiger partial charge is 0.327 e. The third-order valence-electron chi connectivity index (χ3n) is 5.03. The highest BCUT2D eigenvalue weighted by Gasteiger charge is 2.45. The van der Waals surface area contributed by atoms with Crippen LogP contribution in [0.3, 0.4) is 0 Å². The maximum absolute atomic E-state index is 13.9. The van der Waals surface area contributed by atoms with E-state index >= 15 is 0 Å². The van der Waals surface area contributed by atoms with E-state index in [1.54, 1.807) is 6.07 Å². The fraction of sp³-hybridized carbons (Fsp3) is 0.562. The first-order chi connectivity index (χ1) is 9.75. The van der Waals surface area contributed by atoms with Crippen LogP contribution < -0.4 is 11.1 Å². The van der Waals surface area contributed by atoms with E-state index in [1.165, 1.54) is 12.1 Å². The van der Waals surface area contributed by atoms with Crippen LogP contribution >= 0.6 is 11.6 Å². The fourth-order valence-electron chi connectivity index (χ4n) is 3.14. The lowest BCUT2D eigenvalue weighted by atomic mass is 9.61. The van der Waals surface area contributed by atoms with Gasteiger partial charge in [0.15, 0.2) is 5.82 Å². The van der Waals surface area contributed by atoms with Gasteiger partial charge in [0.1, 0.15) is 0 Å². The Bertz CT molecular complexity index is 547. The molecule has 3 N–H and O–H groups in total. The Hall–Kier alpha value is -1.13. The van der Waals surface area contributed by atoms with Gasteiger partial charge in [0.05, 0.1) is 10.7 Å². The molecule has 1 fully saturated rings. The lowest BCUT2D eigenvalue weighted by Gasteiger charge is -2.46. The van der Waals surface area contributed by atoms with Gasteiger partial charge in [0.2, 0.25) is 5.91 Å². The Morgan fingerprint density at radius 3 is 2.76 bits per heavy atom. The van der Waals surface area contributed by atoms with Gasteiger partial charge in [-0.1, -0.05) is 38.4 Å². The molecule has 0 saturated heterocycles. The Labute approximate surface area is 130 Å². The van der Waals surface area contributed by atoms with E-state index in [0.717, 1.165) is 6.42 Å². The number of halogens is 2. The highest BCUT2D eigenvalue weighted by Crippen LogP contribution is 2.44. The lowest BCUT2D eigenvalue weighted by Crippen LogP contribution is -2.50. The maximum Gasteiger partial charge on any atom is 0.228 e. The molecule has 0 aromatic heterocycles. The van der Waals surface area contributed by atoms with Crippen molar-refractivity contribution in [3.8, 4) is 0 Å². The van der Waals surface area contributed by atoms with Crippen LogP contribution in [0.1, 0.15) is 33.6 Å². The van der Waals surface area contributed by atoms with E-state index in [9.17, 15) is 9.18 Å². The molecule has 21 heavy (non-hydrogen) atoms. The molecular formula is C16H22ClFN2O. The molecule has 0 heterocycles. The number of benzene rings is 1. The summed E-state index contributed by atoms with van der Waals surface area (Å²) in [6.45, 7) is 6.18. The van der Waals surface area contributed by atoms with Crippen LogP contribution in [0.2, 0.25) is 5.02 Å². The molecule has 1 aromatic rings. The van der Waals surface area contributed by atoms with Crippen molar-refractivity contribution in [3.63, 3.8) is 0 Å². The molecule has 0 radical (unpaired) electrons. The summed E-state index contributed by atoms with van der Waals surface area (Å²) in [6.07, 6.45) is 1.52.